The molecule has 0 radical (unpaired) electrons. The highest BCUT2D eigenvalue weighted by Gasteiger charge is 2.33. The lowest BCUT2D eigenvalue weighted by Crippen LogP contribution is -2.32. The fourth-order valence-corrected chi connectivity index (χ4v) is 2.69. The van der Waals surface area contributed by atoms with E-state index in [-0.39, 0.29) is 16.0 Å². The van der Waals surface area contributed by atoms with Crippen molar-refractivity contribution in [3.63, 3.8) is 0 Å². The first-order valence-electron chi connectivity index (χ1n) is 5.92. The molecule has 0 aromatic rings. The monoisotopic (exact) mass is 284 g/mol. The smallest absolute Gasteiger partial charge is 0.220 e. The van der Waals surface area contributed by atoms with Crippen LogP contribution in [0.3, 0.4) is 0 Å². The van der Waals surface area contributed by atoms with Gasteiger partial charge >= 0.3 is 0 Å². The van der Waals surface area contributed by atoms with Gasteiger partial charge in [-0.3, -0.25) is 4.99 Å². The topological polar surface area (TPSA) is 70.0 Å². The molecule has 0 saturated carbocycles. The Labute approximate surface area is 115 Å². The van der Waals surface area contributed by atoms with Crippen LogP contribution in [0, 0.1) is 5.41 Å². The van der Waals surface area contributed by atoms with E-state index in [0.29, 0.717) is 5.57 Å². The van der Waals surface area contributed by atoms with Gasteiger partial charge in [0.15, 0.2) is 0 Å². The van der Waals surface area contributed by atoms with Crippen molar-refractivity contribution in [1.82, 2.24) is 4.90 Å². The molecule has 0 bridgehead atoms. The summed E-state index contributed by atoms with van der Waals surface area (Å²) < 4.78 is 23.0. The van der Waals surface area contributed by atoms with Crippen molar-refractivity contribution in [3.05, 3.63) is 23.5 Å². The summed E-state index contributed by atoms with van der Waals surface area (Å²) >= 11 is 0. The lowest BCUT2D eigenvalue weighted by molar-refractivity contribution is 0.387. The molecule has 1 N–H and O–H groups in total. The highest BCUT2D eigenvalue weighted by molar-refractivity contribution is 7.73. The van der Waals surface area contributed by atoms with Crippen LogP contribution in [0.1, 0.15) is 20.8 Å². The molecule has 1 unspecified atom stereocenters. The molecule has 0 heterocycles. The zero-order valence-electron chi connectivity index (χ0n) is 11.9. The van der Waals surface area contributed by atoms with E-state index in [1.807, 2.05) is 20.8 Å². The Kier molecular flexibility index (Phi) is 4.57. The van der Waals surface area contributed by atoms with E-state index in [4.69, 9.17) is 0 Å². The van der Waals surface area contributed by atoms with Crippen molar-refractivity contribution in [1.29, 1.82) is 0 Å². The van der Waals surface area contributed by atoms with Crippen molar-refractivity contribution in [2.75, 3.05) is 14.1 Å². The SMILES string of the molecule is CN(C)C=NC1C(O)=CC=C(C(C)(C)C)C1=S(=O)=O. The van der Waals surface area contributed by atoms with Gasteiger partial charge < -0.3 is 10.0 Å². The second-order valence-electron chi connectivity index (χ2n) is 5.65. The minimum Gasteiger partial charge on any atom is -0.510 e. The van der Waals surface area contributed by atoms with E-state index in [9.17, 15) is 13.5 Å². The predicted octanol–water partition coefficient (Wildman–Crippen LogP) is 1.42. The summed E-state index contributed by atoms with van der Waals surface area (Å²) in [7, 11) is 1.13. The zero-order valence-corrected chi connectivity index (χ0v) is 12.7. The Bertz CT molecular complexity index is 567. The van der Waals surface area contributed by atoms with Crippen LogP contribution in [0.25, 0.3) is 0 Å². The lowest BCUT2D eigenvalue weighted by atomic mass is 9.80. The normalized spacial score (nSPS) is 20.3. The third-order valence-corrected chi connectivity index (χ3v) is 3.45. The van der Waals surface area contributed by atoms with Crippen molar-refractivity contribution in [2.24, 2.45) is 10.4 Å². The molecule has 0 spiro atoms. The summed E-state index contributed by atoms with van der Waals surface area (Å²) in [5.74, 6) is -0.0645. The van der Waals surface area contributed by atoms with Gasteiger partial charge in [0.25, 0.3) is 0 Å². The molecule has 5 nitrogen and oxygen atoms in total. The van der Waals surface area contributed by atoms with E-state index in [2.05, 4.69) is 4.99 Å². The molecular weight excluding hydrogens is 264 g/mol. The summed E-state index contributed by atoms with van der Waals surface area (Å²) in [5, 5.41) is 9.87. The Morgan fingerprint density at radius 2 is 1.89 bits per heavy atom. The summed E-state index contributed by atoms with van der Waals surface area (Å²) in [6.07, 6.45) is 4.64. The van der Waals surface area contributed by atoms with Crippen molar-refractivity contribution in [3.8, 4) is 0 Å². The summed E-state index contributed by atoms with van der Waals surface area (Å²) in [6, 6.07) is -0.861. The first-order chi connectivity index (χ1) is 8.64. The molecule has 19 heavy (non-hydrogen) atoms. The molecule has 0 amide bonds. The number of rotatable bonds is 2. The van der Waals surface area contributed by atoms with E-state index in [1.54, 1.807) is 25.1 Å². The van der Waals surface area contributed by atoms with Crippen LogP contribution in [0.2, 0.25) is 0 Å². The molecule has 0 aliphatic heterocycles. The van der Waals surface area contributed by atoms with Crippen LogP contribution in [-0.2, 0) is 10.3 Å². The Morgan fingerprint density at radius 3 is 2.32 bits per heavy atom. The second-order valence-corrected chi connectivity index (χ2v) is 6.56. The summed E-state index contributed by atoms with van der Waals surface area (Å²) in [4.78, 5) is 5.96. The molecule has 0 aromatic carbocycles. The first kappa shape index (κ1) is 15.5. The largest absolute Gasteiger partial charge is 0.510 e. The molecule has 106 valence electrons. The van der Waals surface area contributed by atoms with Gasteiger partial charge in [-0.25, -0.2) is 0 Å². The zero-order chi connectivity index (χ0) is 14.8. The van der Waals surface area contributed by atoms with E-state index in [0.717, 1.165) is 0 Å². The lowest BCUT2D eigenvalue weighted by Gasteiger charge is -2.28. The number of aliphatic imine (C=N–C) groups is 1. The molecule has 0 aromatic heterocycles. The molecule has 1 rings (SSSR count). The van der Waals surface area contributed by atoms with E-state index in [1.165, 1.54) is 12.4 Å². The summed E-state index contributed by atoms with van der Waals surface area (Å²) in [5.41, 5.74) is 0.331. The third kappa shape index (κ3) is 3.70. The molecule has 0 saturated heterocycles. The Balaban J connectivity index is 3.40. The molecular formula is C13H20N2O3S. The predicted molar refractivity (Wildman–Crippen MR) is 78.1 cm³/mol. The standard InChI is InChI=1S/C13H20N2O3S/c1-13(2,3)9-6-7-10(16)11(12(9)19(17)18)14-8-15(4)5/h6-8,11,16H,1-5H3. The van der Waals surface area contributed by atoms with Crippen LogP contribution in [0.15, 0.2) is 28.5 Å². The molecule has 6 heteroatoms. The number of allylic oxidation sites excluding steroid dienone is 2. The van der Waals surface area contributed by atoms with Gasteiger partial charge in [0.05, 0.1) is 6.34 Å². The fraction of sp³-hybridized carbons (Fsp3) is 0.538. The van der Waals surface area contributed by atoms with E-state index < -0.39 is 16.3 Å². The van der Waals surface area contributed by atoms with Gasteiger partial charge in [0.1, 0.15) is 16.7 Å². The molecule has 0 fully saturated rings. The number of aliphatic hydroxyl groups is 1. The van der Waals surface area contributed by atoms with Gasteiger partial charge in [-0.2, -0.15) is 8.42 Å². The van der Waals surface area contributed by atoms with Gasteiger partial charge in [0, 0.05) is 14.1 Å². The minimum absolute atomic E-state index is 0.0645. The molecule has 1 aliphatic carbocycles. The van der Waals surface area contributed by atoms with Crippen molar-refractivity contribution in [2.45, 2.75) is 26.8 Å². The number of hydrogen-bond acceptors (Lipinski definition) is 4. The summed E-state index contributed by atoms with van der Waals surface area (Å²) in [6.45, 7) is 5.78. The Morgan fingerprint density at radius 1 is 1.32 bits per heavy atom. The quantitative estimate of drug-likeness (QED) is 0.473. The van der Waals surface area contributed by atoms with Gasteiger partial charge in [-0.1, -0.05) is 26.8 Å². The van der Waals surface area contributed by atoms with Crippen molar-refractivity contribution >= 4 is 21.5 Å². The number of aliphatic hydroxyl groups excluding tert-OH is 1. The van der Waals surface area contributed by atoms with E-state index >= 15 is 0 Å². The highest BCUT2D eigenvalue weighted by atomic mass is 32.2. The maximum Gasteiger partial charge on any atom is 0.220 e. The van der Waals surface area contributed by atoms with Gasteiger partial charge in [0.2, 0.25) is 10.3 Å². The van der Waals surface area contributed by atoms with Crippen LogP contribution in [0.5, 0.6) is 0 Å². The average Bonchev–Trinajstić information content (AvgIpc) is 2.24. The van der Waals surface area contributed by atoms with Crippen LogP contribution in [0.4, 0.5) is 0 Å². The second kappa shape index (κ2) is 5.61. The maximum atomic E-state index is 11.5. The number of hydrogen-bond donors (Lipinski definition) is 1. The average molecular weight is 284 g/mol. The van der Waals surface area contributed by atoms with Crippen LogP contribution >= 0.6 is 0 Å². The minimum atomic E-state index is -2.43. The third-order valence-electron chi connectivity index (χ3n) is 2.65. The molecule has 1 atom stereocenters. The van der Waals surface area contributed by atoms with Crippen LogP contribution < -0.4 is 0 Å². The Hall–Kier alpha value is -1.56. The van der Waals surface area contributed by atoms with Crippen LogP contribution in [-0.4, -0.2) is 49.8 Å². The fourth-order valence-electron chi connectivity index (χ4n) is 1.77. The van der Waals surface area contributed by atoms with Gasteiger partial charge in [-0.05, 0) is 17.1 Å². The van der Waals surface area contributed by atoms with Crippen molar-refractivity contribution < 1.29 is 13.5 Å². The molecule has 1 aliphatic rings. The number of nitrogens with zero attached hydrogens (tertiary/aromatic N) is 2. The highest BCUT2D eigenvalue weighted by Crippen LogP contribution is 2.31. The maximum absolute atomic E-state index is 11.5. The first-order valence-corrected chi connectivity index (χ1v) is 6.99. The van der Waals surface area contributed by atoms with Gasteiger partial charge in [-0.15, -0.1) is 0 Å².